The Morgan fingerprint density at radius 1 is 1.09 bits per heavy atom. The Bertz CT molecular complexity index is 890. The number of carbonyl (C=O) groups excluding carboxylic acids is 1. The largest absolute Gasteiger partial charge is 0.330 e. The monoisotopic (exact) mass is 303 g/mol. The molecule has 0 amide bonds. The number of hydrogen-bond acceptors (Lipinski definition) is 5. The maximum atomic E-state index is 12.5. The van der Waals surface area contributed by atoms with E-state index in [1.54, 1.807) is 0 Å². The van der Waals surface area contributed by atoms with Crippen molar-refractivity contribution in [2.45, 2.75) is 6.92 Å². The summed E-state index contributed by atoms with van der Waals surface area (Å²) in [4.78, 5) is 46.5. The van der Waals surface area contributed by atoms with Crippen molar-refractivity contribution >= 4 is 11.5 Å². The molecule has 0 bridgehead atoms. The minimum Gasteiger partial charge on any atom is -0.300 e. The van der Waals surface area contributed by atoms with Crippen LogP contribution in [0.15, 0.2) is 33.9 Å². The van der Waals surface area contributed by atoms with Gasteiger partial charge in [0.1, 0.15) is 5.56 Å². The van der Waals surface area contributed by atoms with Crippen molar-refractivity contribution in [3.05, 3.63) is 72.0 Å². The molecule has 8 nitrogen and oxygen atoms in total. The molecule has 0 fully saturated rings. The smallest absolute Gasteiger partial charge is 0.300 e. The first-order valence-corrected chi connectivity index (χ1v) is 6.31. The van der Waals surface area contributed by atoms with Gasteiger partial charge in [0.25, 0.3) is 11.2 Å². The third-order valence-corrected chi connectivity index (χ3v) is 3.52. The first-order valence-electron chi connectivity index (χ1n) is 6.31. The molecule has 0 aliphatic rings. The standard InChI is InChI=1S/C14H13N3O5/c1-8-11(13(19)16(3)14(20)15(8)2)12(18)9-4-6-10(7-5-9)17(21)22/h4-7H,1-3H3. The molecule has 2 aromatic rings. The molecule has 0 saturated carbocycles. The summed E-state index contributed by atoms with van der Waals surface area (Å²) in [5, 5.41) is 10.6. The fourth-order valence-electron chi connectivity index (χ4n) is 2.09. The molecule has 1 aromatic heterocycles. The van der Waals surface area contributed by atoms with E-state index in [-0.39, 0.29) is 22.5 Å². The van der Waals surface area contributed by atoms with Gasteiger partial charge in [-0.15, -0.1) is 0 Å². The molecule has 2 rings (SSSR count). The van der Waals surface area contributed by atoms with Crippen LogP contribution in [-0.4, -0.2) is 19.8 Å². The summed E-state index contributed by atoms with van der Waals surface area (Å²) in [5.74, 6) is -0.580. The minimum atomic E-state index is -0.691. The summed E-state index contributed by atoms with van der Waals surface area (Å²) in [6, 6.07) is 4.94. The van der Waals surface area contributed by atoms with Crippen LogP contribution < -0.4 is 11.2 Å². The highest BCUT2D eigenvalue weighted by molar-refractivity contribution is 6.09. The number of ketones is 1. The van der Waals surface area contributed by atoms with Gasteiger partial charge in [-0.2, -0.15) is 0 Å². The molecule has 1 heterocycles. The number of nitro benzene ring substituents is 1. The van der Waals surface area contributed by atoms with Gasteiger partial charge in [0.2, 0.25) is 0 Å². The van der Waals surface area contributed by atoms with E-state index in [0.717, 1.165) is 4.57 Å². The summed E-state index contributed by atoms with van der Waals surface area (Å²) < 4.78 is 2.06. The van der Waals surface area contributed by atoms with E-state index in [1.165, 1.54) is 49.9 Å². The number of aromatic nitrogens is 2. The Labute approximate surface area is 124 Å². The lowest BCUT2D eigenvalue weighted by Gasteiger charge is -2.11. The highest BCUT2D eigenvalue weighted by Gasteiger charge is 2.21. The first kappa shape index (κ1) is 15.4. The van der Waals surface area contributed by atoms with Crippen LogP contribution in [0.4, 0.5) is 5.69 Å². The number of carbonyl (C=O) groups is 1. The molecule has 0 atom stereocenters. The number of hydrogen-bond donors (Lipinski definition) is 0. The topological polar surface area (TPSA) is 104 Å². The number of rotatable bonds is 3. The average molecular weight is 303 g/mol. The van der Waals surface area contributed by atoms with E-state index in [1.807, 2.05) is 0 Å². The van der Waals surface area contributed by atoms with Crippen molar-refractivity contribution in [1.29, 1.82) is 0 Å². The van der Waals surface area contributed by atoms with Gasteiger partial charge >= 0.3 is 5.69 Å². The number of nitro groups is 1. The molecule has 1 aromatic carbocycles. The van der Waals surface area contributed by atoms with Gasteiger partial charge < -0.3 is 4.57 Å². The second-order valence-corrected chi connectivity index (χ2v) is 4.80. The molecule has 0 aliphatic heterocycles. The summed E-state index contributed by atoms with van der Waals surface area (Å²) in [6.45, 7) is 1.50. The van der Waals surface area contributed by atoms with Gasteiger partial charge in [-0.1, -0.05) is 0 Å². The van der Waals surface area contributed by atoms with Crippen LogP contribution in [0.2, 0.25) is 0 Å². The van der Waals surface area contributed by atoms with Gasteiger partial charge in [-0.3, -0.25) is 24.3 Å². The Balaban J connectivity index is 2.62. The van der Waals surface area contributed by atoms with Gasteiger partial charge in [-0.25, -0.2) is 4.79 Å². The second-order valence-electron chi connectivity index (χ2n) is 4.80. The van der Waals surface area contributed by atoms with Crippen molar-refractivity contribution < 1.29 is 9.72 Å². The maximum Gasteiger partial charge on any atom is 0.330 e. The SMILES string of the molecule is Cc1c(C(=O)c2ccc([N+](=O)[O-])cc2)c(=O)n(C)c(=O)n1C. The lowest BCUT2D eigenvalue weighted by atomic mass is 10.0. The number of nitrogens with zero attached hydrogens (tertiary/aromatic N) is 3. The van der Waals surface area contributed by atoms with Gasteiger partial charge in [0.15, 0.2) is 5.78 Å². The van der Waals surface area contributed by atoms with Gasteiger partial charge in [-0.05, 0) is 19.1 Å². The minimum absolute atomic E-state index is 0.126. The van der Waals surface area contributed by atoms with E-state index in [2.05, 4.69) is 0 Å². The predicted octanol–water partition coefficient (Wildman–Crippen LogP) is 0.532. The van der Waals surface area contributed by atoms with Crippen molar-refractivity contribution in [2.24, 2.45) is 14.1 Å². The molecule has 0 spiro atoms. The van der Waals surface area contributed by atoms with E-state index in [4.69, 9.17) is 0 Å². The lowest BCUT2D eigenvalue weighted by molar-refractivity contribution is -0.384. The molecule has 0 saturated heterocycles. The second kappa shape index (κ2) is 5.40. The molecule has 114 valence electrons. The molecule has 22 heavy (non-hydrogen) atoms. The molecule has 8 heteroatoms. The van der Waals surface area contributed by atoms with Crippen molar-refractivity contribution in [2.75, 3.05) is 0 Å². The average Bonchev–Trinajstić information content (AvgIpc) is 2.51. The summed E-state index contributed by atoms with van der Waals surface area (Å²) in [5.41, 5.74) is -1.10. The molecule has 0 unspecified atom stereocenters. The van der Waals surface area contributed by atoms with Crippen LogP contribution in [0.1, 0.15) is 21.6 Å². The molecule has 0 aliphatic carbocycles. The van der Waals surface area contributed by atoms with Crippen molar-refractivity contribution in [3.8, 4) is 0 Å². The van der Waals surface area contributed by atoms with Crippen molar-refractivity contribution in [3.63, 3.8) is 0 Å². The van der Waals surface area contributed by atoms with Crippen LogP contribution in [0, 0.1) is 17.0 Å². The van der Waals surface area contributed by atoms with E-state index >= 15 is 0 Å². The fraction of sp³-hybridized carbons (Fsp3) is 0.214. The predicted molar refractivity (Wildman–Crippen MR) is 78.2 cm³/mol. The van der Waals surface area contributed by atoms with E-state index in [0.29, 0.717) is 0 Å². The zero-order valence-electron chi connectivity index (χ0n) is 12.2. The van der Waals surface area contributed by atoms with Crippen LogP contribution in [-0.2, 0) is 14.1 Å². The quantitative estimate of drug-likeness (QED) is 0.467. The molecule has 0 radical (unpaired) electrons. The van der Waals surface area contributed by atoms with E-state index < -0.39 is 22.0 Å². The summed E-state index contributed by atoms with van der Waals surface area (Å²) >= 11 is 0. The van der Waals surface area contributed by atoms with Crippen LogP contribution in [0.25, 0.3) is 0 Å². The lowest BCUT2D eigenvalue weighted by Crippen LogP contribution is -2.41. The summed E-state index contributed by atoms with van der Waals surface area (Å²) in [7, 11) is 2.75. The molecular formula is C14H13N3O5. The summed E-state index contributed by atoms with van der Waals surface area (Å²) in [6.07, 6.45) is 0. The number of benzene rings is 1. The zero-order valence-corrected chi connectivity index (χ0v) is 12.2. The number of non-ortho nitro benzene ring substituents is 1. The maximum absolute atomic E-state index is 12.5. The van der Waals surface area contributed by atoms with Crippen LogP contribution in [0.3, 0.4) is 0 Å². The van der Waals surface area contributed by atoms with Crippen LogP contribution >= 0.6 is 0 Å². The Kier molecular flexibility index (Phi) is 3.77. The van der Waals surface area contributed by atoms with Gasteiger partial charge in [0.05, 0.1) is 4.92 Å². The Hall–Kier alpha value is -3.03. The molecule has 0 N–H and O–H groups in total. The van der Waals surface area contributed by atoms with Crippen LogP contribution in [0.5, 0.6) is 0 Å². The molecular weight excluding hydrogens is 290 g/mol. The van der Waals surface area contributed by atoms with Crippen molar-refractivity contribution in [1.82, 2.24) is 9.13 Å². The third-order valence-electron chi connectivity index (χ3n) is 3.52. The Morgan fingerprint density at radius 3 is 2.14 bits per heavy atom. The van der Waals surface area contributed by atoms with Gasteiger partial charge in [0, 0.05) is 37.5 Å². The normalized spacial score (nSPS) is 10.5. The highest BCUT2D eigenvalue weighted by Crippen LogP contribution is 2.15. The Morgan fingerprint density at radius 2 is 1.64 bits per heavy atom. The fourth-order valence-corrected chi connectivity index (χ4v) is 2.09. The zero-order chi connectivity index (χ0) is 16.6. The van der Waals surface area contributed by atoms with E-state index in [9.17, 15) is 24.5 Å². The highest BCUT2D eigenvalue weighted by atomic mass is 16.6. The first-order chi connectivity index (χ1) is 10.3. The third kappa shape index (κ3) is 2.34.